The Morgan fingerprint density at radius 1 is 1.44 bits per heavy atom. The Morgan fingerprint density at radius 3 is 3.12 bits per heavy atom. The molecule has 0 amide bonds. The van der Waals surface area contributed by atoms with E-state index in [0.29, 0.717) is 18.5 Å². The maximum atomic E-state index is 10.7. The van der Waals surface area contributed by atoms with Crippen LogP contribution in [0.25, 0.3) is 5.57 Å². The molecule has 16 heavy (non-hydrogen) atoms. The lowest BCUT2D eigenvalue weighted by molar-refractivity contribution is 0.111. The summed E-state index contributed by atoms with van der Waals surface area (Å²) in [7, 11) is 0. The lowest BCUT2D eigenvalue weighted by Crippen LogP contribution is -2.02. The van der Waals surface area contributed by atoms with E-state index in [1.54, 1.807) is 12.4 Å². The van der Waals surface area contributed by atoms with Crippen molar-refractivity contribution in [1.29, 1.82) is 0 Å². The van der Waals surface area contributed by atoms with Gasteiger partial charge in [-0.05, 0) is 11.6 Å². The summed E-state index contributed by atoms with van der Waals surface area (Å²) in [6.45, 7) is 0.588. The van der Waals surface area contributed by atoms with Crippen molar-refractivity contribution in [1.82, 2.24) is 9.97 Å². The van der Waals surface area contributed by atoms with Gasteiger partial charge in [-0.1, -0.05) is 12.2 Å². The fourth-order valence-corrected chi connectivity index (χ4v) is 1.32. The minimum absolute atomic E-state index is 0.146. The molecule has 2 heterocycles. The fraction of sp³-hybridized carbons (Fsp3) is 0.0909. The monoisotopic (exact) mass is 214 g/mol. The molecule has 1 aromatic heterocycles. The quantitative estimate of drug-likeness (QED) is 0.741. The largest absolute Gasteiger partial charge is 0.382 e. The minimum Gasteiger partial charge on any atom is -0.382 e. The fourth-order valence-electron chi connectivity index (χ4n) is 1.32. The van der Waals surface area contributed by atoms with Crippen LogP contribution in [0.5, 0.6) is 0 Å². The predicted octanol–water partition coefficient (Wildman–Crippen LogP) is 0.895. The van der Waals surface area contributed by atoms with E-state index < -0.39 is 0 Å². The van der Waals surface area contributed by atoms with Crippen LogP contribution in [0.15, 0.2) is 29.4 Å². The molecule has 2 rings (SSSR count). The van der Waals surface area contributed by atoms with Crippen molar-refractivity contribution < 1.29 is 4.79 Å². The van der Waals surface area contributed by atoms with Crippen LogP contribution in [-0.2, 0) is 0 Å². The van der Waals surface area contributed by atoms with Crippen molar-refractivity contribution in [3.8, 4) is 0 Å². The number of allylic oxidation sites excluding steroid dienone is 3. The first-order valence-corrected chi connectivity index (χ1v) is 4.76. The highest BCUT2D eigenvalue weighted by atomic mass is 16.1. The lowest BCUT2D eigenvalue weighted by atomic mass is 10.1. The molecule has 0 bridgehead atoms. The van der Waals surface area contributed by atoms with Crippen LogP contribution < -0.4 is 5.73 Å². The molecule has 1 aliphatic heterocycles. The SMILES string of the molecule is Nc1ncc(C2=CCN=CC=C2)nc1C=O. The van der Waals surface area contributed by atoms with E-state index in [2.05, 4.69) is 15.0 Å². The van der Waals surface area contributed by atoms with E-state index in [0.717, 1.165) is 5.57 Å². The average Bonchev–Trinajstić information content (AvgIpc) is 2.58. The van der Waals surface area contributed by atoms with E-state index in [4.69, 9.17) is 5.73 Å². The Bertz CT molecular complexity index is 503. The van der Waals surface area contributed by atoms with Gasteiger partial charge in [-0.3, -0.25) is 9.79 Å². The number of aliphatic imine (C=N–C) groups is 1. The van der Waals surface area contributed by atoms with Crippen LogP contribution in [0.1, 0.15) is 16.2 Å². The molecule has 1 aliphatic rings. The second-order valence-electron chi connectivity index (χ2n) is 3.18. The van der Waals surface area contributed by atoms with Gasteiger partial charge in [0.2, 0.25) is 0 Å². The number of nitrogen functional groups attached to an aromatic ring is 1. The maximum Gasteiger partial charge on any atom is 0.172 e. The van der Waals surface area contributed by atoms with Crippen LogP contribution >= 0.6 is 0 Å². The molecule has 0 spiro atoms. The molecule has 0 unspecified atom stereocenters. The molecule has 0 saturated carbocycles. The molecule has 0 atom stereocenters. The Morgan fingerprint density at radius 2 is 2.31 bits per heavy atom. The summed E-state index contributed by atoms with van der Waals surface area (Å²) in [5, 5.41) is 0. The summed E-state index contributed by atoms with van der Waals surface area (Å²) in [6, 6.07) is 0. The summed E-state index contributed by atoms with van der Waals surface area (Å²) in [4.78, 5) is 22.8. The lowest BCUT2D eigenvalue weighted by Gasteiger charge is -2.02. The number of hydrogen-bond acceptors (Lipinski definition) is 5. The number of aldehydes is 1. The number of anilines is 1. The Hall–Kier alpha value is -2.30. The molecule has 0 saturated heterocycles. The van der Waals surface area contributed by atoms with Crippen molar-refractivity contribution in [2.45, 2.75) is 0 Å². The highest BCUT2D eigenvalue weighted by Gasteiger charge is 2.06. The van der Waals surface area contributed by atoms with Crippen LogP contribution in [0, 0.1) is 0 Å². The summed E-state index contributed by atoms with van der Waals surface area (Å²) >= 11 is 0. The second-order valence-corrected chi connectivity index (χ2v) is 3.18. The third-order valence-corrected chi connectivity index (χ3v) is 2.12. The summed E-state index contributed by atoms with van der Waals surface area (Å²) < 4.78 is 0. The van der Waals surface area contributed by atoms with Gasteiger partial charge >= 0.3 is 0 Å². The number of nitrogens with zero attached hydrogens (tertiary/aromatic N) is 3. The van der Waals surface area contributed by atoms with Crippen molar-refractivity contribution in [2.75, 3.05) is 12.3 Å². The van der Waals surface area contributed by atoms with Gasteiger partial charge in [0.15, 0.2) is 12.1 Å². The van der Waals surface area contributed by atoms with Crippen molar-refractivity contribution in [3.05, 3.63) is 35.8 Å². The Labute approximate surface area is 92.4 Å². The summed E-state index contributed by atoms with van der Waals surface area (Å²) in [5.41, 5.74) is 7.16. The molecule has 0 radical (unpaired) electrons. The second kappa shape index (κ2) is 4.48. The van der Waals surface area contributed by atoms with Crippen LogP contribution in [0.4, 0.5) is 5.82 Å². The van der Waals surface area contributed by atoms with Gasteiger partial charge in [0, 0.05) is 6.21 Å². The normalized spacial score (nSPS) is 14.4. The minimum atomic E-state index is 0.146. The van der Waals surface area contributed by atoms with Crippen molar-refractivity contribution >= 4 is 23.9 Å². The predicted molar refractivity (Wildman–Crippen MR) is 62.3 cm³/mol. The molecule has 1 aromatic rings. The smallest absolute Gasteiger partial charge is 0.172 e. The molecule has 80 valence electrons. The Balaban J connectivity index is 2.41. The number of carbonyl (C=O) groups is 1. The number of aromatic nitrogens is 2. The van der Waals surface area contributed by atoms with Gasteiger partial charge in [0.25, 0.3) is 0 Å². The van der Waals surface area contributed by atoms with Gasteiger partial charge in [-0.2, -0.15) is 0 Å². The van der Waals surface area contributed by atoms with Crippen LogP contribution in [-0.4, -0.2) is 29.0 Å². The third-order valence-electron chi connectivity index (χ3n) is 2.12. The third kappa shape index (κ3) is 2.03. The zero-order valence-electron chi connectivity index (χ0n) is 8.50. The van der Waals surface area contributed by atoms with E-state index in [-0.39, 0.29) is 11.5 Å². The Kier molecular flexibility index (Phi) is 2.86. The number of hydrogen-bond donors (Lipinski definition) is 1. The van der Waals surface area contributed by atoms with E-state index in [1.807, 2.05) is 18.2 Å². The van der Waals surface area contributed by atoms with Gasteiger partial charge in [0.1, 0.15) is 5.69 Å². The first-order chi connectivity index (χ1) is 7.81. The molecule has 0 aromatic carbocycles. The van der Waals surface area contributed by atoms with E-state index in [1.165, 1.54) is 0 Å². The molecule has 0 aliphatic carbocycles. The van der Waals surface area contributed by atoms with Gasteiger partial charge in [0.05, 0.1) is 18.4 Å². The molecular weight excluding hydrogens is 204 g/mol. The van der Waals surface area contributed by atoms with Crippen molar-refractivity contribution in [3.63, 3.8) is 0 Å². The average molecular weight is 214 g/mol. The number of carbonyl (C=O) groups excluding carboxylic acids is 1. The highest BCUT2D eigenvalue weighted by molar-refractivity contribution is 5.84. The van der Waals surface area contributed by atoms with Crippen molar-refractivity contribution in [2.24, 2.45) is 4.99 Å². The molecule has 0 fully saturated rings. The summed E-state index contributed by atoms with van der Waals surface area (Å²) in [5.74, 6) is 0.146. The number of nitrogens with two attached hydrogens (primary N) is 1. The first kappa shape index (κ1) is 10.2. The van der Waals surface area contributed by atoms with E-state index >= 15 is 0 Å². The van der Waals surface area contributed by atoms with Crippen LogP contribution in [0.2, 0.25) is 0 Å². The van der Waals surface area contributed by atoms with Gasteiger partial charge < -0.3 is 5.73 Å². The zero-order valence-corrected chi connectivity index (χ0v) is 8.50. The maximum absolute atomic E-state index is 10.7. The van der Waals surface area contributed by atoms with Gasteiger partial charge in [-0.15, -0.1) is 0 Å². The highest BCUT2D eigenvalue weighted by Crippen LogP contribution is 2.15. The number of rotatable bonds is 2. The summed E-state index contributed by atoms with van der Waals surface area (Å²) in [6.07, 6.45) is 9.46. The molecular formula is C11H10N4O. The van der Waals surface area contributed by atoms with Gasteiger partial charge in [-0.25, -0.2) is 9.97 Å². The van der Waals surface area contributed by atoms with Crippen LogP contribution in [0.3, 0.4) is 0 Å². The topological polar surface area (TPSA) is 81.2 Å². The standard InChI is InChI=1S/C11H10N4O/c12-11-10(7-16)15-9(6-14-11)8-2-1-4-13-5-3-8/h1-4,6-7H,5H2,(H2,12,14). The van der Waals surface area contributed by atoms with E-state index in [9.17, 15) is 4.79 Å². The zero-order chi connectivity index (χ0) is 11.4. The molecule has 2 N–H and O–H groups in total. The first-order valence-electron chi connectivity index (χ1n) is 4.76. The molecule has 5 heteroatoms. The molecule has 5 nitrogen and oxygen atoms in total.